The first-order chi connectivity index (χ1) is 10.3. The molecule has 3 aromatic heterocycles. The monoisotopic (exact) mass is 278 g/mol. The van der Waals surface area contributed by atoms with Crippen molar-refractivity contribution in [2.45, 2.75) is 0 Å². The Morgan fingerprint density at radius 2 is 1.95 bits per heavy atom. The number of para-hydroxylation sites is 1. The molecule has 0 unspecified atom stereocenters. The van der Waals surface area contributed by atoms with Gasteiger partial charge < -0.3 is 14.7 Å². The Labute approximate surface area is 119 Å². The Balaban J connectivity index is 1.75. The number of nitrogen functional groups attached to an aromatic ring is 1. The molecule has 0 saturated heterocycles. The molecule has 102 valence electrons. The zero-order valence-electron chi connectivity index (χ0n) is 10.9. The van der Waals surface area contributed by atoms with Gasteiger partial charge in [-0.1, -0.05) is 23.4 Å². The predicted molar refractivity (Wildman–Crippen MR) is 77.1 cm³/mol. The molecule has 6 nitrogen and oxygen atoms in total. The second-order valence-electron chi connectivity index (χ2n) is 4.55. The molecule has 0 aliphatic rings. The summed E-state index contributed by atoms with van der Waals surface area (Å²) in [5.41, 5.74) is 7.53. The maximum Gasteiger partial charge on any atom is 0.276 e. The lowest BCUT2D eigenvalue weighted by molar-refractivity contribution is 0.429. The van der Waals surface area contributed by atoms with Gasteiger partial charge in [0, 0.05) is 5.39 Å². The van der Waals surface area contributed by atoms with E-state index >= 15 is 0 Å². The van der Waals surface area contributed by atoms with Crippen LogP contribution in [0.4, 0.5) is 5.69 Å². The molecule has 0 aliphatic carbocycles. The Morgan fingerprint density at radius 1 is 1.05 bits per heavy atom. The van der Waals surface area contributed by atoms with Gasteiger partial charge in [0.15, 0.2) is 5.76 Å². The lowest BCUT2D eigenvalue weighted by Gasteiger charge is -1.93. The zero-order valence-corrected chi connectivity index (χ0v) is 10.9. The Bertz CT molecular complexity index is 876. The van der Waals surface area contributed by atoms with Crippen molar-refractivity contribution in [2.24, 2.45) is 0 Å². The van der Waals surface area contributed by atoms with Gasteiger partial charge in [-0.15, -0.1) is 0 Å². The average Bonchev–Trinajstić information content (AvgIpc) is 3.14. The second-order valence-corrected chi connectivity index (χ2v) is 4.55. The van der Waals surface area contributed by atoms with Crippen LogP contribution in [0.3, 0.4) is 0 Å². The van der Waals surface area contributed by atoms with Crippen LogP contribution < -0.4 is 5.73 Å². The molecule has 0 fully saturated rings. The van der Waals surface area contributed by atoms with Gasteiger partial charge in [-0.2, -0.15) is 4.98 Å². The normalized spacial score (nSPS) is 11.0. The van der Waals surface area contributed by atoms with Crippen molar-refractivity contribution in [2.75, 3.05) is 5.73 Å². The van der Waals surface area contributed by atoms with E-state index in [0.29, 0.717) is 28.9 Å². The number of fused-ring (bicyclic) bond motifs is 1. The molecule has 1 aromatic carbocycles. The summed E-state index contributed by atoms with van der Waals surface area (Å²) < 4.78 is 10.9. The molecule has 0 saturated carbocycles. The number of furan rings is 1. The fraction of sp³-hybridized carbons (Fsp3) is 0. The maximum atomic E-state index is 5.70. The van der Waals surface area contributed by atoms with Crippen LogP contribution >= 0.6 is 0 Å². The Morgan fingerprint density at radius 3 is 2.76 bits per heavy atom. The number of hydrogen-bond acceptors (Lipinski definition) is 6. The van der Waals surface area contributed by atoms with E-state index in [0.717, 1.165) is 11.0 Å². The highest BCUT2D eigenvalue weighted by Crippen LogP contribution is 2.27. The van der Waals surface area contributed by atoms with Crippen molar-refractivity contribution < 1.29 is 8.94 Å². The molecule has 6 heteroatoms. The standard InChI is InChI=1S/C15H10N4O2/c16-10-5-6-11(17-8-10)15-18-14(19-21-15)13-7-9-3-1-2-4-12(9)20-13/h1-8H,16H2. The predicted octanol–water partition coefficient (Wildman–Crippen LogP) is 3.13. The fourth-order valence-electron chi connectivity index (χ4n) is 2.05. The lowest BCUT2D eigenvalue weighted by Crippen LogP contribution is -1.88. The summed E-state index contributed by atoms with van der Waals surface area (Å²) in [6.45, 7) is 0. The minimum Gasteiger partial charge on any atom is -0.453 e. The highest BCUT2D eigenvalue weighted by Gasteiger charge is 2.15. The first-order valence-electron chi connectivity index (χ1n) is 6.34. The van der Waals surface area contributed by atoms with Gasteiger partial charge in [-0.05, 0) is 24.3 Å². The van der Waals surface area contributed by atoms with Crippen LogP contribution in [0.2, 0.25) is 0 Å². The molecular formula is C15H10N4O2. The van der Waals surface area contributed by atoms with Gasteiger partial charge >= 0.3 is 0 Å². The van der Waals surface area contributed by atoms with Gasteiger partial charge in [-0.25, -0.2) is 4.98 Å². The molecule has 0 atom stereocenters. The van der Waals surface area contributed by atoms with E-state index in [9.17, 15) is 0 Å². The zero-order chi connectivity index (χ0) is 14.2. The van der Waals surface area contributed by atoms with Gasteiger partial charge in [0.05, 0.1) is 11.9 Å². The lowest BCUT2D eigenvalue weighted by atomic mass is 10.2. The van der Waals surface area contributed by atoms with Crippen molar-refractivity contribution in [1.82, 2.24) is 15.1 Å². The third-order valence-corrected chi connectivity index (χ3v) is 3.08. The number of nitrogens with zero attached hydrogens (tertiary/aromatic N) is 3. The topological polar surface area (TPSA) is 91.0 Å². The SMILES string of the molecule is Nc1ccc(-c2nc(-c3cc4ccccc4o3)no2)nc1. The van der Waals surface area contributed by atoms with E-state index in [1.54, 1.807) is 18.3 Å². The van der Waals surface area contributed by atoms with Crippen molar-refractivity contribution in [3.05, 3.63) is 48.7 Å². The average molecular weight is 278 g/mol. The summed E-state index contributed by atoms with van der Waals surface area (Å²) in [5, 5.41) is 4.92. The molecule has 3 heterocycles. The number of aromatic nitrogens is 3. The van der Waals surface area contributed by atoms with E-state index in [1.807, 2.05) is 30.3 Å². The number of rotatable bonds is 2. The van der Waals surface area contributed by atoms with Crippen LogP contribution in [-0.2, 0) is 0 Å². The van der Waals surface area contributed by atoms with Crippen molar-refractivity contribution in [1.29, 1.82) is 0 Å². The summed E-state index contributed by atoms with van der Waals surface area (Å²) in [6.07, 6.45) is 1.54. The van der Waals surface area contributed by atoms with Gasteiger partial charge in [-0.3, -0.25) is 0 Å². The number of anilines is 1. The molecule has 0 bridgehead atoms. The molecule has 21 heavy (non-hydrogen) atoms. The summed E-state index contributed by atoms with van der Waals surface area (Å²) >= 11 is 0. The van der Waals surface area contributed by atoms with Crippen LogP contribution in [0.5, 0.6) is 0 Å². The van der Waals surface area contributed by atoms with Gasteiger partial charge in [0.1, 0.15) is 11.3 Å². The number of hydrogen-bond donors (Lipinski definition) is 1. The minimum atomic E-state index is 0.324. The summed E-state index contributed by atoms with van der Waals surface area (Å²) in [5.74, 6) is 1.27. The third-order valence-electron chi connectivity index (χ3n) is 3.08. The smallest absolute Gasteiger partial charge is 0.276 e. The Hall–Kier alpha value is -3.15. The highest BCUT2D eigenvalue weighted by molar-refractivity contribution is 5.81. The summed E-state index contributed by atoms with van der Waals surface area (Å²) in [7, 11) is 0. The summed E-state index contributed by atoms with van der Waals surface area (Å²) in [4.78, 5) is 8.45. The molecule has 0 amide bonds. The largest absolute Gasteiger partial charge is 0.453 e. The van der Waals surface area contributed by atoms with Crippen molar-refractivity contribution >= 4 is 16.7 Å². The number of pyridine rings is 1. The van der Waals surface area contributed by atoms with E-state index in [4.69, 9.17) is 14.7 Å². The van der Waals surface area contributed by atoms with Gasteiger partial charge in [0.25, 0.3) is 5.89 Å². The van der Waals surface area contributed by atoms with E-state index in [-0.39, 0.29) is 0 Å². The van der Waals surface area contributed by atoms with Gasteiger partial charge in [0.2, 0.25) is 5.82 Å². The van der Waals surface area contributed by atoms with Crippen LogP contribution in [0, 0.1) is 0 Å². The molecular weight excluding hydrogens is 268 g/mol. The van der Waals surface area contributed by atoms with Crippen molar-refractivity contribution in [3.63, 3.8) is 0 Å². The number of benzene rings is 1. The van der Waals surface area contributed by atoms with Crippen LogP contribution in [0.1, 0.15) is 0 Å². The summed E-state index contributed by atoms with van der Waals surface area (Å²) in [6, 6.07) is 13.0. The fourth-order valence-corrected chi connectivity index (χ4v) is 2.05. The van der Waals surface area contributed by atoms with Crippen LogP contribution in [-0.4, -0.2) is 15.1 Å². The van der Waals surface area contributed by atoms with E-state index in [2.05, 4.69) is 15.1 Å². The molecule has 0 aliphatic heterocycles. The Kier molecular flexibility index (Phi) is 2.47. The molecule has 4 rings (SSSR count). The molecule has 2 N–H and O–H groups in total. The quantitative estimate of drug-likeness (QED) is 0.605. The minimum absolute atomic E-state index is 0.324. The van der Waals surface area contributed by atoms with Crippen LogP contribution in [0.25, 0.3) is 34.1 Å². The van der Waals surface area contributed by atoms with Crippen LogP contribution in [0.15, 0.2) is 57.6 Å². The van der Waals surface area contributed by atoms with E-state index in [1.165, 1.54) is 0 Å². The van der Waals surface area contributed by atoms with E-state index < -0.39 is 0 Å². The second kappa shape index (κ2) is 4.45. The molecule has 0 spiro atoms. The first-order valence-corrected chi connectivity index (χ1v) is 6.34. The maximum absolute atomic E-state index is 5.70. The molecule has 4 aromatic rings. The highest BCUT2D eigenvalue weighted by atomic mass is 16.5. The first kappa shape index (κ1) is 11.7. The molecule has 0 radical (unpaired) electrons. The number of nitrogens with two attached hydrogens (primary N) is 1. The third kappa shape index (κ3) is 2.02. The van der Waals surface area contributed by atoms with Crippen molar-refractivity contribution in [3.8, 4) is 23.2 Å².